The molecular weight excluding hydrogens is 402 g/mol. The van der Waals surface area contributed by atoms with Gasteiger partial charge in [-0.2, -0.15) is 0 Å². The van der Waals surface area contributed by atoms with Crippen molar-refractivity contribution in [2.75, 3.05) is 32.1 Å². The predicted octanol–water partition coefficient (Wildman–Crippen LogP) is 3.45. The lowest BCUT2D eigenvalue weighted by Crippen LogP contribution is -2.38. The molecule has 0 bridgehead atoms. The van der Waals surface area contributed by atoms with Crippen molar-refractivity contribution >= 4 is 11.6 Å². The van der Waals surface area contributed by atoms with Crippen LogP contribution in [0, 0.1) is 0 Å². The molecule has 0 saturated carbocycles. The molecule has 1 fully saturated rings. The Bertz CT molecular complexity index is 873. The summed E-state index contributed by atoms with van der Waals surface area (Å²) >= 11 is 0. The van der Waals surface area contributed by atoms with Gasteiger partial charge in [0.05, 0.1) is 12.2 Å². The van der Waals surface area contributed by atoms with Gasteiger partial charge in [-0.05, 0) is 62.6 Å². The van der Waals surface area contributed by atoms with Gasteiger partial charge in [0.2, 0.25) is 0 Å². The molecule has 1 heterocycles. The Morgan fingerprint density at radius 3 is 2.75 bits per heavy atom. The van der Waals surface area contributed by atoms with Gasteiger partial charge in [-0.1, -0.05) is 37.3 Å². The summed E-state index contributed by atoms with van der Waals surface area (Å²) in [6, 6.07) is 16.3. The first kappa shape index (κ1) is 24.2. The Balaban J connectivity index is 1.46. The number of likely N-dealkylation sites (N-methyl/N-ethyl adjacent to an activating group) is 1. The Hall–Kier alpha value is -2.41. The van der Waals surface area contributed by atoms with Gasteiger partial charge >= 0.3 is 0 Å². The molecular formula is C26H37N3O3. The number of carbonyl (C=O) groups is 1. The number of aliphatic hydroxyl groups is 1. The van der Waals surface area contributed by atoms with Crippen molar-refractivity contribution in [1.82, 2.24) is 10.2 Å². The average Bonchev–Trinajstić information content (AvgIpc) is 2.78. The van der Waals surface area contributed by atoms with Crippen LogP contribution in [0.4, 0.5) is 5.69 Å². The summed E-state index contributed by atoms with van der Waals surface area (Å²) < 4.78 is 5.60. The van der Waals surface area contributed by atoms with Gasteiger partial charge in [-0.25, -0.2) is 0 Å². The molecule has 1 saturated heterocycles. The fraction of sp³-hybridized carbons (Fsp3) is 0.500. The number of aliphatic hydroxyl groups excluding tert-OH is 1. The van der Waals surface area contributed by atoms with Gasteiger partial charge in [0.25, 0.3) is 5.91 Å². The third-order valence-electron chi connectivity index (χ3n) is 5.94. The Morgan fingerprint density at radius 1 is 1.22 bits per heavy atom. The third-order valence-corrected chi connectivity index (χ3v) is 5.94. The van der Waals surface area contributed by atoms with Crippen LogP contribution in [0.2, 0.25) is 0 Å². The number of hydrogen-bond acceptors (Lipinski definition) is 5. The van der Waals surface area contributed by atoms with Gasteiger partial charge < -0.3 is 20.5 Å². The van der Waals surface area contributed by atoms with Crippen LogP contribution in [0.15, 0.2) is 48.5 Å². The van der Waals surface area contributed by atoms with Gasteiger partial charge in [0, 0.05) is 43.5 Å². The number of aryl methyl sites for hydroxylation is 1. The van der Waals surface area contributed by atoms with Crippen LogP contribution in [0.25, 0.3) is 0 Å². The number of ether oxygens (including phenoxy) is 1. The van der Waals surface area contributed by atoms with E-state index in [-0.39, 0.29) is 18.6 Å². The number of hydrogen-bond donors (Lipinski definition) is 3. The summed E-state index contributed by atoms with van der Waals surface area (Å²) in [6.45, 7) is 6.47. The zero-order chi connectivity index (χ0) is 22.9. The zero-order valence-electron chi connectivity index (χ0n) is 19.5. The first-order valence-electron chi connectivity index (χ1n) is 11.6. The van der Waals surface area contributed by atoms with Crippen molar-refractivity contribution in [2.45, 2.75) is 57.9 Å². The number of anilines is 1. The molecule has 1 aliphatic rings. The summed E-state index contributed by atoms with van der Waals surface area (Å²) in [5.74, 6) is -0.174. The largest absolute Gasteiger partial charge is 0.390 e. The van der Waals surface area contributed by atoms with Gasteiger partial charge in [0.1, 0.15) is 0 Å². The Labute approximate surface area is 192 Å². The van der Waals surface area contributed by atoms with E-state index in [9.17, 15) is 9.90 Å². The van der Waals surface area contributed by atoms with Crippen LogP contribution in [-0.4, -0.2) is 60.9 Å². The van der Waals surface area contributed by atoms with Gasteiger partial charge in [-0.15, -0.1) is 0 Å². The van der Waals surface area contributed by atoms with E-state index < -0.39 is 6.10 Å². The molecule has 0 aliphatic carbocycles. The molecule has 6 heteroatoms. The van der Waals surface area contributed by atoms with Crippen molar-refractivity contribution in [3.63, 3.8) is 0 Å². The first-order chi connectivity index (χ1) is 15.4. The minimum Gasteiger partial charge on any atom is -0.390 e. The van der Waals surface area contributed by atoms with Crippen LogP contribution >= 0.6 is 0 Å². The van der Waals surface area contributed by atoms with Gasteiger partial charge in [-0.3, -0.25) is 9.69 Å². The molecule has 32 heavy (non-hydrogen) atoms. The summed E-state index contributed by atoms with van der Waals surface area (Å²) in [6.07, 6.45) is 2.53. The lowest BCUT2D eigenvalue weighted by Gasteiger charge is -2.28. The van der Waals surface area contributed by atoms with Crippen molar-refractivity contribution in [3.05, 3.63) is 65.2 Å². The molecule has 174 valence electrons. The molecule has 2 aromatic rings. The molecule has 0 aromatic heterocycles. The van der Waals surface area contributed by atoms with E-state index >= 15 is 0 Å². The highest BCUT2D eigenvalue weighted by Gasteiger charge is 2.19. The maximum Gasteiger partial charge on any atom is 0.251 e. The van der Waals surface area contributed by atoms with Crippen LogP contribution in [-0.2, 0) is 17.7 Å². The number of benzene rings is 2. The molecule has 3 N–H and O–H groups in total. The topological polar surface area (TPSA) is 73.8 Å². The molecule has 1 unspecified atom stereocenters. The van der Waals surface area contributed by atoms with Crippen LogP contribution in [0.1, 0.15) is 48.2 Å². The average molecular weight is 440 g/mol. The van der Waals surface area contributed by atoms with E-state index in [4.69, 9.17) is 4.74 Å². The standard InChI is InChI=1S/C26H37N3O3/c1-4-20-8-5-6-9-22(20)17-29(3)18-25(30)16-27-26(31)21-10-7-11-23(15-21)28-24-12-13-32-19(2)14-24/h5-11,15,19,24-25,28,30H,4,12-14,16-18H2,1-3H3,(H,27,31)/t19-,24?,25+/m1/s1. The second kappa shape index (κ2) is 12.0. The Morgan fingerprint density at radius 2 is 2.00 bits per heavy atom. The van der Waals surface area contributed by atoms with Crippen LogP contribution in [0.5, 0.6) is 0 Å². The lowest BCUT2D eigenvalue weighted by molar-refractivity contribution is 0.0232. The van der Waals surface area contributed by atoms with Crippen LogP contribution < -0.4 is 10.6 Å². The maximum atomic E-state index is 12.6. The first-order valence-corrected chi connectivity index (χ1v) is 11.6. The SMILES string of the molecule is CCc1ccccc1CN(C)C[C@@H](O)CNC(=O)c1cccc(NC2CCO[C@H](C)C2)c1. The summed E-state index contributed by atoms with van der Waals surface area (Å²) in [5, 5.41) is 16.8. The minimum absolute atomic E-state index is 0.174. The molecule has 1 aliphatic heterocycles. The van der Waals surface area contributed by atoms with E-state index in [1.807, 2.05) is 31.3 Å². The van der Waals surface area contributed by atoms with Crippen molar-refractivity contribution in [3.8, 4) is 0 Å². The summed E-state index contributed by atoms with van der Waals surface area (Å²) in [4.78, 5) is 14.7. The van der Waals surface area contributed by atoms with Crippen molar-refractivity contribution in [2.24, 2.45) is 0 Å². The fourth-order valence-corrected chi connectivity index (χ4v) is 4.26. The maximum absolute atomic E-state index is 12.6. The molecule has 3 atom stereocenters. The number of carbonyl (C=O) groups excluding carboxylic acids is 1. The lowest BCUT2D eigenvalue weighted by atomic mass is 10.0. The second-order valence-electron chi connectivity index (χ2n) is 8.81. The number of nitrogens with one attached hydrogen (secondary N) is 2. The van der Waals surface area contributed by atoms with E-state index in [0.717, 1.165) is 38.1 Å². The highest BCUT2D eigenvalue weighted by molar-refractivity contribution is 5.95. The molecule has 0 spiro atoms. The van der Waals surface area contributed by atoms with E-state index in [0.29, 0.717) is 18.2 Å². The van der Waals surface area contributed by atoms with E-state index in [2.05, 4.69) is 47.6 Å². The monoisotopic (exact) mass is 439 g/mol. The third kappa shape index (κ3) is 7.33. The summed E-state index contributed by atoms with van der Waals surface area (Å²) in [7, 11) is 1.99. The smallest absolute Gasteiger partial charge is 0.251 e. The molecule has 1 amide bonds. The highest BCUT2D eigenvalue weighted by atomic mass is 16.5. The predicted molar refractivity (Wildman–Crippen MR) is 129 cm³/mol. The number of amides is 1. The second-order valence-corrected chi connectivity index (χ2v) is 8.81. The van der Waals surface area contributed by atoms with E-state index in [1.165, 1.54) is 11.1 Å². The molecule has 2 aromatic carbocycles. The van der Waals surface area contributed by atoms with Gasteiger partial charge in [0.15, 0.2) is 0 Å². The van der Waals surface area contributed by atoms with Crippen LogP contribution in [0.3, 0.4) is 0 Å². The normalized spacial score (nSPS) is 19.5. The fourth-order valence-electron chi connectivity index (χ4n) is 4.26. The number of rotatable bonds is 10. The number of nitrogens with zero attached hydrogens (tertiary/aromatic N) is 1. The zero-order valence-corrected chi connectivity index (χ0v) is 19.5. The van der Waals surface area contributed by atoms with Crippen molar-refractivity contribution < 1.29 is 14.6 Å². The van der Waals surface area contributed by atoms with Crippen molar-refractivity contribution in [1.29, 1.82) is 0 Å². The molecule has 0 radical (unpaired) electrons. The van der Waals surface area contributed by atoms with E-state index in [1.54, 1.807) is 6.07 Å². The molecule has 6 nitrogen and oxygen atoms in total. The quantitative estimate of drug-likeness (QED) is 0.529. The highest BCUT2D eigenvalue weighted by Crippen LogP contribution is 2.19. The summed E-state index contributed by atoms with van der Waals surface area (Å²) in [5.41, 5.74) is 4.13. The molecule has 3 rings (SSSR count). The Kier molecular flexibility index (Phi) is 9.09. The minimum atomic E-state index is -0.636.